The van der Waals surface area contributed by atoms with E-state index in [4.69, 9.17) is 4.74 Å². The lowest BCUT2D eigenvalue weighted by atomic mass is 10.1. The molecule has 0 saturated carbocycles. The van der Waals surface area contributed by atoms with Gasteiger partial charge < -0.3 is 9.64 Å². The van der Waals surface area contributed by atoms with Crippen molar-refractivity contribution in [2.45, 2.75) is 26.0 Å². The summed E-state index contributed by atoms with van der Waals surface area (Å²) in [6.45, 7) is 7.05. The van der Waals surface area contributed by atoms with Gasteiger partial charge in [0, 0.05) is 32.2 Å². The number of hydrogen-bond donors (Lipinski definition) is 1. The number of likely N-dealkylation sites (tertiary alicyclic amines) is 1. The molecule has 2 heterocycles. The monoisotopic (exact) mass is 277 g/mol. The first kappa shape index (κ1) is 14.2. The molecule has 0 spiro atoms. The average Bonchev–Trinajstić information content (AvgIpc) is 2.56. The molecule has 2 fully saturated rings. The summed E-state index contributed by atoms with van der Waals surface area (Å²) in [5.74, 6) is 0.350. The van der Waals surface area contributed by atoms with Gasteiger partial charge in [-0.3, -0.25) is 0 Å². The van der Waals surface area contributed by atoms with Crippen LogP contribution in [0.3, 0.4) is 0 Å². The number of nitrogens with zero attached hydrogens (tertiary/aromatic N) is 2. The lowest BCUT2D eigenvalue weighted by Gasteiger charge is -2.31. The van der Waals surface area contributed by atoms with Crippen LogP contribution in [0.25, 0.3) is 0 Å². The molecule has 0 aromatic heterocycles. The number of hydrogen-bond acceptors (Lipinski definition) is 4. The molecule has 2 aliphatic heterocycles. The van der Waals surface area contributed by atoms with Gasteiger partial charge in [0.15, 0.2) is 0 Å². The number of nitrogens with one attached hydrogen (secondary N) is 1. The van der Waals surface area contributed by atoms with Crippen LogP contribution in [0.5, 0.6) is 0 Å². The van der Waals surface area contributed by atoms with Crippen molar-refractivity contribution >= 4 is 10.2 Å². The normalized spacial score (nSPS) is 36.1. The summed E-state index contributed by atoms with van der Waals surface area (Å²) in [6.07, 6.45) is -0.0287. The Balaban J connectivity index is 1.98. The average molecular weight is 277 g/mol. The fourth-order valence-corrected chi connectivity index (χ4v) is 4.19. The van der Waals surface area contributed by atoms with Crippen LogP contribution in [0.2, 0.25) is 0 Å². The van der Waals surface area contributed by atoms with Gasteiger partial charge in [0.05, 0.1) is 12.7 Å². The van der Waals surface area contributed by atoms with Gasteiger partial charge in [-0.25, -0.2) is 0 Å². The van der Waals surface area contributed by atoms with Crippen molar-refractivity contribution in [3.05, 3.63) is 0 Å². The molecular formula is C11H23N3O3S. The maximum Gasteiger partial charge on any atom is 0.279 e. The van der Waals surface area contributed by atoms with Gasteiger partial charge >= 0.3 is 0 Å². The van der Waals surface area contributed by atoms with E-state index in [9.17, 15) is 8.42 Å². The van der Waals surface area contributed by atoms with E-state index in [1.807, 2.05) is 14.0 Å². The van der Waals surface area contributed by atoms with Crippen molar-refractivity contribution in [2.75, 3.05) is 39.8 Å². The maximum absolute atomic E-state index is 12.3. The lowest BCUT2D eigenvalue weighted by Crippen LogP contribution is -2.52. The van der Waals surface area contributed by atoms with Gasteiger partial charge in [0.2, 0.25) is 0 Å². The smallest absolute Gasteiger partial charge is 0.279 e. The van der Waals surface area contributed by atoms with E-state index in [0.29, 0.717) is 25.6 Å². The molecule has 3 atom stereocenters. The summed E-state index contributed by atoms with van der Waals surface area (Å²) in [4.78, 5) is 2.15. The zero-order valence-corrected chi connectivity index (χ0v) is 12.1. The van der Waals surface area contributed by atoms with Gasteiger partial charge in [0.25, 0.3) is 10.2 Å². The quantitative estimate of drug-likeness (QED) is 0.755. The number of likely N-dealkylation sites (N-methyl/N-ethyl adjacent to an activating group) is 1. The molecule has 2 rings (SSSR count). The van der Waals surface area contributed by atoms with Crippen LogP contribution in [0.1, 0.15) is 13.8 Å². The van der Waals surface area contributed by atoms with Crippen LogP contribution in [0, 0.1) is 5.92 Å². The van der Waals surface area contributed by atoms with Crippen LogP contribution >= 0.6 is 0 Å². The third-order valence-electron chi connectivity index (χ3n) is 3.64. The predicted molar refractivity (Wildman–Crippen MR) is 69.5 cm³/mol. The van der Waals surface area contributed by atoms with E-state index in [1.165, 1.54) is 4.31 Å². The molecule has 1 N–H and O–H groups in total. The Hall–Kier alpha value is -0.210. The fraction of sp³-hybridized carbons (Fsp3) is 1.00. The minimum absolute atomic E-state index is 0.0122. The van der Waals surface area contributed by atoms with Crippen LogP contribution < -0.4 is 4.72 Å². The first-order chi connectivity index (χ1) is 8.38. The molecule has 0 radical (unpaired) electrons. The lowest BCUT2D eigenvalue weighted by molar-refractivity contribution is 0.00963. The minimum atomic E-state index is -3.38. The van der Waals surface area contributed by atoms with Crippen molar-refractivity contribution in [3.63, 3.8) is 0 Å². The summed E-state index contributed by atoms with van der Waals surface area (Å²) in [5, 5.41) is 0. The molecule has 7 heteroatoms. The Labute approximate surface area is 109 Å². The third-order valence-corrected chi connectivity index (χ3v) is 5.25. The first-order valence-corrected chi connectivity index (χ1v) is 7.90. The molecule has 106 valence electrons. The zero-order valence-electron chi connectivity index (χ0n) is 11.3. The molecule has 0 bridgehead atoms. The molecule has 0 aromatic carbocycles. The second-order valence-corrected chi connectivity index (χ2v) is 7.17. The molecule has 0 aliphatic carbocycles. The highest BCUT2D eigenvalue weighted by atomic mass is 32.2. The molecule has 18 heavy (non-hydrogen) atoms. The van der Waals surface area contributed by atoms with E-state index in [2.05, 4.69) is 16.5 Å². The second-order valence-electron chi connectivity index (χ2n) is 5.47. The van der Waals surface area contributed by atoms with Crippen molar-refractivity contribution in [2.24, 2.45) is 5.92 Å². The van der Waals surface area contributed by atoms with Gasteiger partial charge in [-0.2, -0.15) is 17.4 Å². The first-order valence-electron chi connectivity index (χ1n) is 6.46. The van der Waals surface area contributed by atoms with Gasteiger partial charge in [-0.05, 0) is 19.9 Å². The van der Waals surface area contributed by atoms with Crippen LogP contribution in [0.4, 0.5) is 0 Å². The highest BCUT2D eigenvalue weighted by Gasteiger charge is 2.34. The number of ether oxygens (including phenoxy) is 1. The van der Waals surface area contributed by atoms with Crippen molar-refractivity contribution < 1.29 is 13.2 Å². The summed E-state index contributed by atoms with van der Waals surface area (Å²) >= 11 is 0. The predicted octanol–water partition coefficient (Wildman–Crippen LogP) is -0.508. The Morgan fingerprint density at radius 1 is 1.22 bits per heavy atom. The van der Waals surface area contributed by atoms with Crippen LogP contribution in [0.15, 0.2) is 0 Å². The molecule has 0 aromatic rings. The van der Waals surface area contributed by atoms with E-state index in [-0.39, 0.29) is 12.1 Å². The second kappa shape index (κ2) is 5.42. The van der Waals surface area contributed by atoms with E-state index in [1.54, 1.807) is 0 Å². The fourth-order valence-electron chi connectivity index (χ4n) is 2.63. The molecule has 0 unspecified atom stereocenters. The summed E-state index contributed by atoms with van der Waals surface area (Å²) in [7, 11) is -1.36. The van der Waals surface area contributed by atoms with Crippen molar-refractivity contribution in [1.82, 2.24) is 13.9 Å². The number of rotatable bonds is 3. The van der Waals surface area contributed by atoms with E-state index in [0.717, 1.165) is 13.1 Å². The van der Waals surface area contributed by atoms with Crippen molar-refractivity contribution in [1.29, 1.82) is 0 Å². The topological polar surface area (TPSA) is 61.9 Å². The van der Waals surface area contributed by atoms with Gasteiger partial charge in [0.1, 0.15) is 0 Å². The van der Waals surface area contributed by atoms with Gasteiger partial charge in [-0.1, -0.05) is 6.92 Å². The van der Waals surface area contributed by atoms with E-state index < -0.39 is 10.2 Å². The third kappa shape index (κ3) is 3.21. The standard InChI is InChI=1S/C11H23N3O3S/c1-9-6-13(3)8-11(9)12-18(15,16)14-4-5-17-10(2)7-14/h9-12H,4-8H2,1-3H3/t9-,10-,11-/m1/s1. The van der Waals surface area contributed by atoms with Crippen LogP contribution in [-0.2, 0) is 14.9 Å². The molecule has 6 nitrogen and oxygen atoms in total. The highest BCUT2D eigenvalue weighted by molar-refractivity contribution is 7.87. The molecule has 2 saturated heterocycles. The molecule has 2 aliphatic rings. The Bertz CT molecular complexity index is 387. The largest absolute Gasteiger partial charge is 0.376 e. The Morgan fingerprint density at radius 2 is 1.94 bits per heavy atom. The van der Waals surface area contributed by atoms with E-state index >= 15 is 0 Å². The van der Waals surface area contributed by atoms with Crippen molar-refractivity contribution in [3.8, 4) is 0 Å². The maximum atomic E-state index is 12.3. The Morgan fingerprint density at radius 3 is 2.50 bits per heavy atom. The Kier molecular flexibility index (Phi) is 4.28. The van der Waals surface area contributed by atoms with Crippen LogP contribution in [-0.4, -0.2) is 69.6 Å². The minimum Gasteiger partial charge on any atom is -0.376 e. The zero-order chi connectivity index (χ0) is 13.3. The summed E-state index contributed by atoms with van der Waals surface area (Å²) in [5.41, 5.74) is 0. The molecule has 0 amide bonds. The molecular weight excluding hydrogens is 254 g/mol. The summed E-state index contributed by atoms with van der Waals surface area (Å²) in [6, 6.07) is 0.0122. The SMILES string of the molecule is C[C@@H]1CN(S(=O)(=O)N[C@@H]2CN(C)C[C@H]2C)CCO1. The number of morpholine rings is 1. The van der Waals surface area contributed by atoms with Gasteiger partial charge in [-0.15, -0.1) is 0 Å². The highest BCUT2D eigenvalue weighted by Crippen LogP contribution is 2.17. The summed E-state index contributed by atoms with van der Waals surface area (Å²) < 4.78 is 34.2.